The molecule has 1 aromatic rings. The van der Waals surface area contributed by atoms with Crippen LogP contribution in [-0.4, -0.2) is 18.9 Å². The van der Waals surface area contributed by atoms with Gasteiger partial charge in [-0.2, -0.15) is 0 Å². The van der Waals surface area contributed by atoms with Gasteiger partial charge in [0.15, 0.2) is 0 Å². The van der Waals surface area contributed by atoms with Crippen molar-refractivity contribution in [1.82, 2.24) is 5.32 Å². The van der Waals surface area contributed by atoms with Crippen molar-refractivity contribution in [2.45, 2.75) is 6.43 Å². The van der Waals surface area contributed by atoms with E-state index in [1.54, 1.807) is 24.3 Å². The van der Waals surface area contributed by atoms with Crippen LogP contribution in [0.15, 0.2) is 28.7 Å². The number of carbonyl (C=O) groups excluding carboxylic acids is 1. The molecule has 1 rings (SSSR count). The van der Waals surface area contributed by atoms with Gasteiger partial charge < -0.3 is 5.32 Å². The summed E-state index contributed by atoms with van der Waals surface area (Å²) in [6, 6.07) is 6.55. The number of hydrogen-bond acceptors (Lipinski definition) is 1. The van der Waals surface area contributed by atoms with Gasteiger partial charge in [-0.1, -0.05) is 22.0 Å². The Bertz CT molecular complexity index is 330. The van der Waals surface area contributed by atoms with E-state index >= 15 is 0 Å². The van der Waals surface area contributed by atoms with Gasteiger partial charge in [0.05, 0.1) is 6.54 Å². The summed E-state index contributed by atoms with van der Waals surface area (Å²) in [5, 5.41) is 2.12. The van der Waals surface area contributed by atoms with E-state index in [2.05, 4.69) is 21.2 Å². The summed E-state index contributed by atoms with van der Waals surface area (Å²) >= 11 is 3.18. The fourth-order valence-electron chi connectivity index (χ4n) is 0.902. The maximum absolute atomic E-state index is 11.8. The summed E-state index contributed by atoms with van der Waals surface area (Å²) in [5.74, 6) is -0.494. The first-order chi connectivity index (χ1) is 6.59. The molecule has 0 atom stereocenters. The predicted octanol–water partition coefficient (Wildman–Crippen LogP) is 2.44. The molecule has 0 aliphatic rings. The predicted molar refractivity (Wildman–Crippen MR) is 52.5 cm³/mol. The van der Waals surface area contributed by atoms with E-state index < -0.39 is 18.9 Å². The number of alkyl halides is 2. The van der Waals surface area contributed by atoms with Crippen LogP contribution in [0, 0.1) is 0 Å². The van der Waals surface area contributed by atoms with Crippen LogP contribution in [-0.2, 0) is 0 Å². The normalized spacial score (nSPS) is 10.3. The highest BCUT2D eigenvalue weighted by atomic mass is 79.9. The van der Waals surface area contributed by atoms with Crippen LogP contribution in [0.1, 0.15) is 10.4 Å². The van der Waals surface area contributed by atoms with Crippen molar-refractivity contribution >= 4 is 21.8 Å². The lowest BCUT2D eigenvalue weighted by Gasteiger charge is -2.04. The highest BCUT2D eigenvalue weighted by Gasteiger charge is 2.08. The third kappa shape index (κ3) is 3.41. The third-order valence-electron chi connectivity index (χ3n) is 1.50. The fraction of sp³-hybridized carbons (Fsp3) is 0.222. The van der Waals surface area contributed by atoms with Gasteiger partial charge in [-0.05, 0) is 18.2 Å². The first-order valence-corrected chi connectivity index (χ1v) is 4.71. The van der Waals surface area contributed by atoms with Crippen LogP contribution in [0.25, 0.3) is 0 Å². The molecule has 0 unspecified atom stereocenters. The number of nitrogens with one attached hydrogen (secondary N) is 1. The van der Waals surface area contributed by atoms with E-state index in [4.69, 9.17) is 0 Å². The van der Waals surface area contributed by atoms with Crippen LogP contribution in [0.4, 0.5) is 8.78 Å². The molecule has 1 amide bonds. The van der Waals surface area contributed by atoms with Crippen molar-refractivity contribution in [3.8, 4) is 0 Å². The van der Waals surface area contributed by atoms with Gasteiger partial charge in [-0.25, -0.2) is 8.78 Å². The highest BCUT2D eigenvalue weighted by Crippen LogP contribution is 2.11. The molecule has 76 valence electrons. The minimum absolute atomic E-state index is 0.361. The Labute approximate surface area is 88.4 Å². The van der Waals surface area contributed by atoms with Gasteiger partial charge in [0.1, 0.15) is 0 Å². The van der Waals surface area contributed by atoms with Gasteiger partial charge >= 0.3 is 0 Å². The molecule has 0 aromatic heterocycles. The van der Waals surface area contributed by atoms with Crippen molar-refractivity contribution in [2.24, 2.45) is 0 Å². The Kier molecular flexibility index (Phi) is 4.00. The Morgan fingerprint density at radius 2 is 2.21 bits per heavy atom. The molecule has 0 aliphatic carbocycles. The molecule has 0 spiro atoms. The van der Waals surface area contributed by atoms with Crippen LogP contribution in [0.2, 0.25) is 0 Å². The maximum atomic E-state index is 11.8. The molecule has 1 aromatic carbocycles. The van der Waals surface area contributed by atoms with Crippen LogP contribution in [0.5, 0.6) is 0 Å². The summed E-state index contributed by atoms with van der Waals surface area (Å²) in [4.78, 5) is 11.2. The van der Waals surface area contributed by atoms with Crippen molar-refractivity contribution in [1.29, 1.82) is 0 Å². The summed E-state index contributed by atoms with van der Waals surface area (Å²) < 4.78 is 24.3. The molecule has 0 bridgehead atoms. The molecule has 0 fully saturated rings. The molecule has 0 aliphatic heterocycles. The molecular formula is C9H8BrF2NO. The fourth-order valence-corrected chi connectivity index (χ4v) is 1.30. The number of amides is 1. The lowest BCUT2D eigenvalue weighted by atomic mass is 10.2. The number of benzene rings is 1. The first-order valence-electron chi connectivity index (χ1n) is 3.91. The number of carbonyl (C=O) groups is 1. The maximum Gasteiger partial charge on any atom is 0.255 e. The number of halogens is 3. The van der Waals surface area contributed by atoms with E-state index in [9.17, 15) is 13.6 Å². The molecule has 0 saturated heterocycles. The molecule has 1 N–H and O–H groups in total. The lowest BCUT2D eigenvalue weighted by Crippen LogP contribution is -2.28. The minimum atomic E-state index is -2.52. The summed E-state index contributed by atoms with van der Waals surface area (Å²) in [7, 11) is 0. The summed E-state index contributed by atoms with van der Waals surface area (Å²) in [6.45, 7) is -0.620. The third-order valence-corrected chi connectivity index (χ3v) is 2.00. The minimum Gasteiger partial charge on any atom is -0.346 e. The number of rotatable bonds is 3. The monoisotopic (exact) mass is 263 g/mol. The van der Waals surface area contributed by atoms with Crippen LogP contribution >= 0.6 is 15.9 Å². The average molecular weight is 264 g/mol. The molecule has 0 heterocycles. The Balaban J connectivity index is 2.61. The van der Waals surface area contributed by atoms with Gasteiger partial charge in [-0.15, -0.1) is 0 Å². The van der Waals surface area contributed by atoms with Crippen molar-refractivity contribution in [2.75, 3.05) is 6.54 Å². The largest absolute Gasteiger partial charge is 0.346 e. The topological polar surface area (TPSA) is 29.1 Å². The van der Waals surface area contributed by atoms with E-state index in [1.165, 1.54) is 0 Å². The molecular weight excluding hydrogens is 256 g/mol. The van der Waals surface area contributed by atoms with Crippen molar-refractivity contribution in [3.05, 3.63) is 34.3 Å². The zero-order chi connectivity index (χ0) is 10.6. The zero-order valence-electron chi connectivity index (χ0n) is 7.14. The SMILES string of the molecule is O=C(NCC(F)F)c1cccc(Br)c1. The summed E-state index contributed by atoms with van der Waals surface area (Å²) in [6.07, 6.45) is -2.52. The molecule has 0 radical (unpaired) electrons. The molecule has 14 heavy (non-hydrogen) atoms. The van der Waals surface area contributed by atoms with E-state index in [0.29, 0.717) is 5.56 Å². The molecule has 0 saturated carbocycles. The second-order valence-corrected chi connectivity index (χ2v) is 3.53. The highest BCUT2D eigenvalue weighted by molar-refractivity contribution is 9.10. The molecule has 2 nitrogen and oxygen atoms in total. The molecule has 5 heteroatoms. The van der Waals surface area contributed by atoms with Crippen molar-refractivity contribution < 1.29 is 13.6 Å². The standard InChI is InChI=1S/C9H8BrF2NO/c10-7-3-1-2-6(4-7)9(14)13-5-8(11)12/h1-4,8H,5H2,(H,13,14). The zero-order valence-corrected chi connectivity index (χ0v) is 8.72. The first kappa shape index (κ1) is 11.1. The number of hydrogen-bond donors (Lipinski definition) is 1. The lowest BCUT2D eigenvalue weighted by molar-refractivity contribution is 0.0891. The van der Waals surface area contributed by atoms with Crippen LogP contribution < -0.4 is 5.32 Å². The smallest absolute Gasteiger partial charge is 0.255 e. The van der Waals surface area contributed by atoms with Crippen molar-refractivity contribution in [3.63, 3.8) is 0 Å². The van der Waals surface area contributed by atoms with Gasteiger partial charge in [0.25, 0.3) is 12.3 Å². The second kappa shape index (κ2) is 5.05. The van der Waals surface area contributed by atoms with E-state index in [-0.39, 0.29) is 0 Å². The Hall–Kier alpha value is -0.970. The van der Waals surface area contributed by atoms with Gasteiger partial charge in [-0.3, -0.25) is 4.79 Å². The van der Waals surface area contributed by atoms with Crippen LogP contribution in [0.3, 0.4) is 0 Å². The van der Waals surface area contributed by atoms with E-state index in [1.807, 2.05) is 0 Å². The Morgan fingerprint density at radius 1 is 1.50 bits per heavy atom. The second-order valence-electron chi connectivity index (χ2n) is 2.61. The summed E-state index contributed by atoms with van der Waals surface area (Å²) in [5.41, 5.74) is 0.361. The van der Waals surface area contributed by atoms with Gasteiger partial charge in [0.2, 0.25) is 0 Å². The quantitative estimate of drug-likeness (QED) is 0.892. The Morgan fingerprint density at radius 3 is 2.79 bits per heavy atom. The van der Waals surface area contributed by atoms with Gasteiger partial charge in [0, 0.05) is 10.0 Å². The van der Waals surface area contributed by atoms with E-state index in [0.717, 1.165) is 4.47 Å². The average Bonchev–Trinajstić information content (AvgIpc) is 2.14.